The molecule has 0 bridgehead atoms. The molecule has 27 heavy (non-hydrogen) atoms. The van der Waals surface area contributed by atoms with Gasteiger partial charge in [0.25, 0.3) is 5.56 Å². The van der Waals surface area contributed by atoms with Gasteiger partial charge in [-0.3, -0.25) is 9.59 Å². The van der Waals surface area contributed by atoms with Crippen molar-refractivity contribution in [3.8, 4) is 11.5 Å². The molecule has 0 saturated heterocycles. The zero-order chi connectivity index (χ0) is 19.4. The summed E-state index contributed by atoms with van der Waals surface area (Å²) in [5.41, 5.74) is 2.34. The van der Waals surface area contributed by atoms with E-state index in [1.165, 1.54) is 0 Å². The molecule has 3 rings (SSSR count). The minimum atomic E-state index is -0.136. The monoisotopic (exact) mass is 371 g/mol. The average molecular weight is 371 g/mol. The topological polar surface area (TPSA) is 93.3 Å². The van der Waals surface area contributed by atoms with Crippen molar-refractivity contribution in [1.29, 1.82) is 0 Å². The van der Waals surface area contributed by atoms with Crippen molar-refractivity contribution in [3.05, 3.63) is 51.2 Å². The van der Waals surface area contributed by atoms with E-state index in [1.54, 1.807) is 27.2 Å². The first kappa shape index (κ1) is 18.9. The molecule has 2 aromatic rings. The molecule has 1 aliphatic carbocycles. The Kier molecular flexibility index (Phi) is 5.78. The van der Waals surface area contributed by atoms with Crippen LogP contribution in [0.15, 0.2) is 23.0 Å². The third-order valence-corrected chi connectivity index (χ3v) is 5.01. The largest absolute Gasteiger partial charge is 0.497 e. The van der Waals surface area contributed by atoms with E-state index in [1.807, 2.05) is 12.1 Å². The second-order valence-corrected chi connectivity index (χ2v) is 6.75. The van der Waals surface area contributed by atoms with Crippen LogP contribution >= 0.6 is 0 Å². The number of aryl methyl sites for hydroxylation is 2. The Morgan fingerprint density at radius 1 is 1.26 bits per heavy atom. The van der Waals surface area contributed by atoms with Gasteiger partial charge in [-0.15, -0.1) is 0 Å². The molecule has 7 heteroatoms. The number of hydrogen-bond acceptors (Lipinski definition) is 5. The molecule has 0 saturated carbocycles. The standard InChI is InChI=1S/C20H25N3O4/c1-12-22-17-9-6-13(5-8-16(17)20(25)23-12)19(24)21-11-14-4-7-15(26-2)10-18(14)27-3/h4,7,10,13H,5-6,8-9,11H2,1-3H3,(H,21,24)(H,22,23,25). The van der Waals surface area contributed by atoms with Crippen LogP contribution in [-0.2, 0) is 24.2 Å². The number of aromatic nitrogens is 2. The fourth-order valence-electron chi connectivity index (χ4n) is 3.49. The smallest absolute Gasteiger partial charge is 0.254 e. The van der Waals surface area contributed by atoms with Crippen LogP contribution in [0, 0.1) is 12.8 Å². The van der Waals surface area contributed by atoms with Crippen LogP contribution in [-0.4, -0.2) is 30.1 Å². The summed E-state index contributed by atoms with van der Waals surface area (Å²) in [5.74, 6) is 1.86. The third kappa shape index (κ3) is 4.30. The fraction of sp³-hybridized carbons (Fsp3) is 0.450. The van der Waals surface area contributed by atoms with Gasteiger partial charge in [0.1, 0.15) is 17.3 Å². The Labute approximate surface area is 158 Å². The Hall–Kier alpha value is -2.83. The number of H-pyrrole nitrogens is 1. The zero-order valence-corrected chi connectivity index (χ0v) is 15.9. The quantitative estimate of drug-likeness (QED) is 0.783. The number of hydrogen-bond donors (Lipinski definition) is 2. The maximum atomic E-state index is 12.7. The van der Waals surface area contributed by atoms with Gasteiger partial charge in [0.05, 0.1) is 19.9 Å². The summed E-state index contributed by atoms with van der Waals surface area (Å²) in [4.78, 5) is 32.0. The number of carbonyl (C=O) groups is 1. The molecule has 1 aliphatic rings. The maximum Gasteiger partial charge on any atom is 0.254 e. The predicted octanol–water partition coefficient (Wildman–Crippen LogP) is 1.91. The molecule has 144 valence electrons. The van der Waals surface area contributed by atoms with Crippen LogP contribution < -0.4 is 20.3 Å². The molecule has 1 unspecified atom stereocenters. The number of benzene rings is 1. The van der Waals surface area contributed by atoms with Crippen LogP contribution in [0.2, 0.25) is 0 Å². The predicted molar refractivity (Wildman–Crippen MR) is 101 cm³/mol. The highest BCUT2D eigenvalue weighted by molar-refractivity contribution is 5.78. The lowest BCUT2D eigenvalue weighted by molar-refractivity contribution is -0.125. The molecule has 1 amide bonds. The van der Waals surface area contributed by atoms with Gasteiger partial charge in [-0.1, -0.05) is 0 Å². The molecule has 1 aromatic heterocycles. The summed E-state index contributed by atoms with van der Waals surface area (Å²) in [7, 11) is 3.19. The normalized spacial score (nSPS) is 16.2. The summed E-state index contributed by atoms with van der Waals surface area (Å²) in [6.45, 7) is 2.16. The summed E-state index contributed by atoms with van der Waals surface area (Å²) in [6, 6.07) is 5.52. The van der Waals surface area contributed by atoms with Gasteiger partial charge in [0.2, 0.25) is 5.91 Å². The Morgan fingerprint density at radius 3 is 2.78 bits per heavy atom. The summed E-state index contributed by atoms with van der Waals surface area (Å²) in [5, 5.41) is 3.00. The van der Waals surface area contributed by atoms with Gasteiger partial charge in [-0.25, -0.2) is 4.98 Å². The fourth-order valence-corrected chi connectivity index (χ4v) is 3.49. The highest BCUT2D eigenvalue weighted by atomic mass is 16.5. The number of carbonyl (C=O) groups excluding carboxylic acids is 1. The van der Waals surface area contributed by atoms with Crippen molar-refractivity contribution in [3.63, 3.8) is 0 Å². The number of rotatable bonds is 5. The molecule has 0 spiro atoms. The number of ether oxygens (including phenoxy) is 2. The van der Waals surface area contributed by atoms with Crippen molar-refractivity contribution in [2.24, 2.45) is 5.92 Å². The molecule has 0 radical (unpaired) electrons. The van der Waals surface area contributed by atoms with E-state index in [9.17, 15) is 9.59 Å². The number of aromatic amines is 1. The van der Waals surface area contributed by atoms with Crippen molar-refractivity contribution in [2.75, 3.05) is 14.2 Å². The van der Waals surface area contributed by atoms with Crippen LogP contribution in [0.3, 0.4) is 0 Å². The highest BCUT2D eigenvalue weighted by Crippen LogP contribution is 2.25. The van der Waals surface area contributed by atoms with Crippen molar-refractivity contribution in [2.45, 2.75) is 39.2 Å². The van der Waals surface area contributed by atoms with Crippen molar-refractivity contribution in [1.82, 2.24) is 15.3 Å². The van der Waals surface area contributed by atoms with Gasteiger partial charge in [-0.2, -0.15) is 0 Å². The summed E-state index contributed by atoms with van der Waals surface area (Å²) >= 11 is 0. The highest BCUT2D eigenvalue weighted by Gasteiger charge is 2.24. The van der Waals surface area contributed by atoms with Crippen LogP contribution in [0.25, 0.3) is 0 Å². The van der Waals surface area contributed by atoms with E-state index >= 15 is 0 Å². The van der Waals surface area contributed by atoms with E-state index in [4.69, 9.17) is 9.47 Å². The molecule has 0 fully saturated rings. The summed E-state index contributed by atoms with van der Waals surface area (Å²) < 4.78 is 10.6. The number of nitrogens with zero attached hydrogens (tertiary/aromatic N) is 1. The second-order valence-electron chi connectivity index (χ2n) is 6.75. The number of fused-ring (bicyclic) bond motifs is 1. The first-order valence-electron chi connectivity index (χ1n) is 9.09. The van der Waals surface area contributed by atoms with Gasteiger partial charge in [-0.05, 0) is 44.7 Å². The lowest BCUT2D eigenvalue weighted by atomic mass is 9.98. The lowest BCUT2D eigenvalue weighted by Gasteiger charge is -2.15. The second kappa shape index (κ2) is 8.24. The zero-order valence-electron chi connectivity index (χ0n) is 15.9. The van der Waals surface area contributed by atoms with Crippen LogP contribution in [0.1, 0.15) is 35.5 Å². The third-order valence-electron chi connectivity index (χ3n) is 5.01. The molecule has 7 nitrogen and oxygen atoms in total. The van der Waals surface area contributed by atoms with Gasteiger partial charge >= 0.3 is 0 Å². The van der Waals surface area contributed by atoms with Crippen LogP contribution in [0.4, 0.5) is 0 Å². The molecule has 1 aromatic carbocycles. The minimum absolute atomic E-state index is 0.00572. The number of methoxy groups -OCH3 is 2. The van der Waals surface area contributed by atoms with E-state index in [-0.39, 0.29) is 17.4 Å². The number of nitrogens with one attached hydrogen (secondary N) is 2. The molecule has 1 heterocycles. The summed E-state index contributed by atoms with van der Waals surface area (Å²) in [6.07, 6.45) is 2.55. The molecular formula is C20H25N3O4. The van der Waals surface area contributed by atoms with Gasteiger partial charge in [0, 0.05) is 29.7 Å². The van der Waals surface area contributed by atoms with Gasteiger partial charge in [0.15, 0.2) is 0 Å². The minimum Gasteiger partial charge on any atom is -0.497 e. The molecule has 0 aliphatic heterocycles. The van der Waals surface area contributed by atoms with E-state index < -0.39 is 0 Å². The Morgan fingerprint density at radius 2 is 2.04 bits per heavy atom. The maximum absolute atomic E-state index is 12.7. The van der Waals surface area contributed by atoms with Crippen LogP contribution in [0.5, 0.6) is 11.5 Å². The SMILES string of the molecule is COc1ccc(CNC(=O)C2CCc3nc(C)[nH]c(=O)c3CC2)c(OC)c1. The lowest BCUT2D eigenvalue weighted by Crippen LogP contribution is -2.30. The Balaban J connectivity index is 1.64. The first-order valence-corrected chi connectivity index (χ1v) is 9.09. The van der Waals surface area contributed by atoms with Crippen molar-refractivity contribution >= 4 is 5.91 Å². The first-order chi connectivity index (χ1) is 13.0. The molecular weight excluding hydrogens is 346 g/mol. The van der Waals surface area contributed by atoms with Gasteiger partial charge < -0.3 is 19.8 Å². The molecule has 2 N–H and O–H groups in total. The van der Waals surface area contributed by atoms with E-state index in [2.05, 4.69) is 15.3 Å². The Bertz CT molecular complexity index is 891. The van der Waals surface area contributed by atoms with Crippen molar-refractivity contribution < 1.29 is 14.3 Å². The molecule has 1 atom stereocenters. The van der Waals surface area contributed by atoms with E-state index in [0.717, 1.165) is 11.3 Å². The number of amides is 1. The van der Waals surface area contributed by atoms with E-state index in [0.29, 0.717) is 55.1 Å². The average Bonchev–Trinajstić information content (AvgIpc) is 2.88.